The summed E-state index contributed by atoms with van der Waals surface area (Å²) >= 11 is 0. The molecule has 4 rings (SSSR count). The number of hydrogen-bond acceptors (Lipinski definition) is 10. The molecule has 2 aromatic heterocycles. The lowest BCUT2D eigenvalue weighted by atomic mass is 10.1. The molecule has 0 aliphatic carbocycles. The van der Waals surface area contributed by atoms with Gasteiger partial charge in [-0.05, 0) is 11.1 Å². The number of amides is 2. The van der Waals surface area contributed by atoms with Crippen LogP contribution in [0, 0.1) is 0 Å². The van der Waals surface area contributed by atoms with Gasteiger partial charge in [-0.25, -0.2) is 9.78 Å². The molecule has 14 nitrogen and oxygen atoms in total. The van der Waals surface area contributed by atoms with Crippen LogP contribution in [0.5, 0.6) is 0 Å². The Morgan fingerprint density at radius 1 is 1.03 bits per heavy atom. The summed E-state index contributed by atoms with van der Waals surface area (Å²) in [6.07, 6.45) is 0. The van der Waals surface area contributed by atoms with Crippen molar-refractivity contribution in [2.24, 2.45) is 5.73 Å². The van der Waals surface area contributed by atoms with Gasteiger partial charge >= 0.3 is 5.97 Å². The normalized spacial score (nSPS) is 10.9. The summed E-state index contributed by atoms with van der Waals surface area (Å²) in [5.74, 6) is -3.79. The quantitative estimate of drug-likeness (QED) is 0.191. The second-order valence-electron chi connectivity index (χ2n) is 7.15. The van der Waals surface area contributed by atoms with Gasteiger partial charge in [-0.1, -0.05) is 24.3 Å². The van der Waals surface area contributed by atoms with Crippen molar-refractivity contribution in [3.8, 4) is 0 Å². The molecule has 2 amide bonds. The van der Waals surface area contributed by atoms with E-state index in [0.29, 0.717) is 5.56 Å². The first-order valence-electron chi connectivity index (χ1n) is 9.65. The summed E-state index contributed by atoms with van der Waals surface area (Å²) in [5.41, 5.74) is 9.98. The Bertz CT molecular complexity index is 1550. The number of carbonyl (C=O) groups excluding carboxylic acids is 2. The van der Waals surface area contributed by atoms with Crippen LogP contribution >= 0.6 is 0 Å². The van der Waals surface area contributed by atoms with E-state index < -0.39 is 40.2 Å². The third kappa shape index (κ3) is 4.02. The van der Waals surface area contributed by atoms with E-state index in [1.807, 2.05) is 0 Å². The number of nitrogens with zero attached hydrogens (tertiary/aromatic N) is 4. The molecule has 0 aliphatic rings. The highest BCUT2D eigenvalue weighted by atomic mass is 16.4. The number of nitrogens with one attached hydrogen (secondary N) is 2. The Morgan fingerprint density at radius 3 is 2.38 bits per heavy atom. The van der Waals surface area contributed by atoms with Gasteiger partial charge in [-0.2, -0.15) is 9.50 Å². The third-order valence-electron chi connectivity index (χ3n) is 4.85. The highest BCUT2D eigenvalue weighted by molar-refractivity contribution is 5.96. The Hall–Kier alpha value is -5.14. The molecule has 7 N–H and O–H groups in total. The molecule has 172 valence electrons. The minimum absolute atomic E-state index is 0.0728. The number of aromatic nitrogens is 4. The molecule has 0 bridgehead atoms. The van der Waals surface area contributed by atoms with E-state index in [1.165, 1.54) is 0 Å². The second-order valence-corrected chi connectivity index (χ2v) is 7.15. The van der Waals surface area contributed by atoms with Crippen LogP contribution in [0.1, 0.15) is 42.7 Å². The van der Waals surface area contributed by atoms with Crippen molar-refractivity contribution in [3.05, 3.63) is 79.1 Å². The van der Waals surface area contributed by atoms with E-state index in [2.05, 4.69) is 25.7 Å². The zero-order valence-corrected chi connectivity index (χ0v) is 17.2. The minimum Gasteiger partial charge on any atom is -0.477 e. The van der Waals surface area contributed by atoms with Crippen LogP contribution in [0.15, 0.2) is 39.9 Å². The fourth-order valence-corrected chi connectivity index (χ4v) is 3.14. The second kappa shape index (κ2) is 8.42. The van der Waals surface area contributed by atoms with Crippen molar-refractivity contribution >= 4 is 34.9 Å². The Balaban J connectivity index is 1.48. The third-order valence-corrected chi connectivity index (χ3v) is 4.85. The summed E-state index contributed by atoms with van der Waals surface area (Å²) in [6.45, 7) is 0.301. The highest BCUT2D eigenvalue weighted by Crippen LogP contribution is 2.13. The number of carboxylic acid groups (broad SMARTS) is 1. The van der Waals surface area contributed by atoms with Gasteiger partial charge in [0.25, 0.3) is 28.4 Å². The number of rotatable bonds is 8. The van der Waals surface area contributed by atoms with E-state index in [0.717, 1.165) is 16.1 Å². The number of aromatic carboxylic acids is 1. The molecule has 0 fully saturated rings. The smallest absolute Gasteiger partial charge is 0.354 e. The molecule has 4 aromatic rings. The lowest BCUT2D eigenvalue weighted by Crippen LogP contribution is -2.36. The average molecular weight is 464 g/mol. The number of primary amides is 1. The summed E-state index contributed by atoms with van der Waals surface area (Å²) in [6, 6.07) is 8.01. The van der Waals surface area contributed by atoms with Crippen LogP contribution in [0.25, 0.3) is 5.78 Å². The van der Waals surface area contributed by atoms with Crippen LogP contribution < -0.4 is 33.0 Å². The number of carboxylic acids is 1. The standard InChI is InChI=1S/C20H16N8O6/c21-12-13(15(30)14(12)29)23-6-8-2-1-3-9(4-8)7-24-18(32)10-5-11(19(33)34)28-20(25-10)26-17(27-28)16(22)31/h1-5,23H,6-7,21H2,(H2,22,31)(H,24,32)(H,33,34). The van der Waals surface area contributed by atoms with E-state index in [1.54, 1.807) is 24.3 Å². The topological polar surface area (TPSA) is 225 Å². The minimum atomic E-state index is -1.41. The molecule has 0 spiro atoms. The van der Waals surface area contributed by atoms with Crippen LogP contribution in [-0.2, 0) is 13.1 Å². The molecule has 0 saturated carbocycles. The van der Waals surface area contributed by atoms with Crippen LogP contribution in [0.4, 0.5) is 11.4 Å². The lowest BCUT2D eigenvalue weighted by molar-refractivity contribution is 0.0686. The Labute approximate surface area is 188 Å². The number of nitrogen functional groups attached to an aromatic ring is 1. The van der Waals surface area contributed by atoms with Gasteiger partial charge in [0.05, 0.1) is 0 Å². The maximum Gasteiger partial charge on any atom is 0.354 e. The predicted octanol–water partition coefficient (Wildman–Crippen LogP) is -1.36. The lowest BCUT2D eigenvalue weighted by Gasteiger charge is -2.11. The molecular weight excluding hydrogens is 448 g/mol. The maximum atomic E-state index is 12.6. The summed E-state index contributed by atoms with van der Waals surface area (Å²) in [5, 5.41) is 18.5. The Kier molecular flexibility index (Phi) is 5.46. The molecule has 0 radical (unpaired) electrons. The van der Waals surface area contributed by atoms with E-state index >= 15 is 0 Å². The number of anilines is 2. The number of benzene rings is 1. The van der Waals surface area contributed by atoms with E-state index in [-0.39, 0.29) is 35.9 Å². The highest BCUT2D eigenvalue weighted by Gasteiger charge is 2.21. The van der Waals surface area contributed by atoms with E-state index in [4.69, 9.17) is 11.5 Å². The molecule has 0 aliphatic heterocycles. The zero-order chi connectivity index (χ0) is 24.6. The van der Waals surface area contributed by atoms with Gasteiger partial charge in [0.2, 0.25) is 5.82 Å². The summed E-state index contributed by atoms with van der Waals surface area (Å²) in [7, 11) is 0. The fraction of sp³-hybridized carbons (Fsp3) is 0.100. The van der Waals surface area contributed by atoms with Crippen molar-refractivity contribution in [2.45, 2.75) is 13.1 Å². The molecule has 0 atom stereocenters. The van der Waals surface area contributed by atoms with Crippen molar-refractivity contribution in [1.82, 2.24) is 24.9 Å². The number of nitrogens with two attached hydrogens (primary N) is 2. The molecule has 2 heterocycles. The fourth-order valence-electron chi connectivity index (χ4n) is 3.14. The Morgan fingerprint density at radius 2 is 1.74 bits per heavy atom. The molecular formula is C20H16N8O6. The SMILES string of the molecule is NC(=O)c1nc2nc(C(=O)NCc3cccc(CNc4c(N)c(=O)c4=O)c3)cc(C(=O)O)n2n1. The van der Waals surface area contributed by atoms with Gasteiger partial charge in [0.15, 0.2) is 5.69 Å². The van der Waals surface area contributed by atoms with Crippen molar-refractivity contribution in [2.75, 3.05) is 11.1 Å². The first kappa shape index (κ1) is 22.1. The average Bonchev–Trinajstić information content (AvgIpc) is 3.26. The summed E-state index contributed by atoms with van der Waals surface area (Å²) in [4.78, 5) is 65.8. The van der Waals surface area contributed by atoms with E-state index in [9.17, 15) is 29.1 Å². The molecule has 2 aromatic carbocycles. The molecule has 0 saturated heterocycles. The maximum absolute atomic E-state index is 12.6. The van der Waals surface area contributed by atoms with Crippen molar-refractivity contribution < 1.29 is 19.5 Å². The number of carbonyl (C=O) groups is 3. The number of hydrogen-bond donors (Lipinski definition) is 5. The van der Waals surface area contributed by atoms with Gasteiger partial charge in [-0.15, -0.1) is 5.10 Å². The van der Waals surface area contributed by atoms with Crippen LogP contribution in [0.2, 0.25) is 0 Å². The monoisotopic (exact) mass is 464 g/mol. The summed E-state index contributed by atoms with van der Waals surface area (Å²) < 4.78 is 0.804. The number of fused-ring (bicyclic) bond motifs is 1. The molecule has 14 heteroatoms. The first-order chi connectivity index (χ1) is 16.2. The first-order valence-corrected chi connectivity index (χ1v) is 9.65. The van der Waals surface area contributed by atoms with Crippen molar-refractivity contribution in [3.63, 3.8) is 0 Å². The zero-order valence-electron chi connectivity index (χ0n) is 17.2. The van der Waals surface area contributed by atoms with Gasteiger partial charge in [-0.3, -0.25) is 19.2 Å². The van der Waals surface area contributed by atoms with Crippen molar-refractivity contribution in [1.29, 1.82) is 0 Å². The van der Waals surface area contributed by atoms with Gasteiger partial charge in [0.1, 0.15) is 17.1 Å². The van der Waals surface area contributed by atoms with Crippen LogP contribution in [-0.4, -0.2) is 42.5 Å². The predicted molar refractivity (Wildman–Crippen MR) is 117 cm³/mol. The van der Waals surface area contributed by atoms with Crippen LogP contribution in [0.3, 0.4) is 0 Å². The molecule has 34 heavy (non-hydrogen) atoms. The van der Waals surface area contributed by atoms with Gasteiger partial charge in [0, 0.05) is 19.2 Å². The molecule has 0 unspecified atom stereocenters. The largest absolute Gasteiger partial charge is 0.477 e. The van der Waals surface area contributed by atoms with Gasteiger partial charge < -0.3 is 27.2 Å².